The molecule has 0 saturated heterocycles. The van der Waals surface area contributed by atoms with Crippen molar-refractivity contribution in [2.75, 3.05) is 32.1 Å². The van der Waals surface area contributed by atoms with E-state index in [-0.39, 0.29) is 24.9 Å². The number of hydrogen-bond acceptors (Lipinski definition) is 6. The van der Waals surface area contributed by atoms with E-state index in [1.807, 2.05) is 53.9 Å². The highest BCUT2D eigenvalue weighted by Gasteiger charge is 2.22. The molecular weight excluding hydrogens is 342 g/mol. The second kappa shape index (κ2) is 8.87. The Bertz CT molecular complexity index is 666. The average molecular weight is 360 g/mol. The highest BCUT2D eigenvalue weighted by Crippen LogP contribution is 2.27. The number of carbonyl (C=O) groups excluding carboxylic acids is 1. The molecule has 1 aromatic heterocycles. The van der Waals surface area contributed by atoms with Crippen molar-refractivity contribution in [3.8, 4) is 0 Å². The number of halogens is 1. The van der Waals surface area contributed by atoms with E-state index in [2.05, 4.69) is 4.98 Å². The van der Waals surface area contributed by atoms with Gasteiger partial charge in [-0.25, -0.2) is 0 Å². The second-order valence-electron chi connectivity index (χ2n) is 4.46. The Morgan fingerprint density at radius 2 is 1.95 bits per heavy atom. The Balaban J connectivity index is 0.00000242. The molecule has 8 heteroatoms. The number of rotatable bonds is 5. The van der Waals surface area contributed by atoms with Crippen LogP contribution in [0.4, 0.5) is 10.8 Å². The summed E-state index contributed by atoms with van der Waals surface area (Å²) in [7, 11) is 7.04. The van der Waals surface area contributed by atoms with Crippen molar-refractivity contribution in [3.05, 3.63) is 35.1 Å². The van der Waals surface area contributed by atoms with E-state index in [4.69, 9.17) is 4.74 Å². The molecule has 120 valence electrons. The van der Waals surface area contributed by atoms with Crippen LogP contribution in [0, 0.1) is 0 Å². The summed E-state index contributed by atoms with van der Waals surface area (Å²) in [4.78, 5) is 19.2. The molecule has 0 bridgehead atoms. The molecule has 0 unspecified atom stereocenters. The number of para-hydroxylation sites is 1. The SMILES string of the molecule is CCOC(=O)CN(c1ccccc1)c1nc(=[N+](C)C)ss1.[Cl-]. The Kier molecular flexibility index (Phi) is 7.50. The molecule has 5 nitrogen and oxygen atoms in total. The highest BCUT2D eigenvalue weighted by atomic mass is 35.5. The number of anilines is 2. The van der Waals surface area contributed by atoms with Gasteiger partial charge in [-0.1, -0.05) is 18.2 Å². The molecule has 0 atom stereocenters. The fraction of sp³-hybridized carbons (Fsp3) is 0.357. The summed E-state index contributed by atoms with van der Waals surface area (Å²) in [5.74, 6) is -0.257. The number of esters is 1. The smallest absolute Gasteiger partial charge is 0.390 e. The van der Waals surface area contributed by atoms with Crippen LogP contribution >= 0.6 is 20.7 Å². The standard InChI is InChI=1S/C14H18N3O2S2.ClH/c1-4-19-12(18)10-17(11-8-6-5-7-9-11)14-15-13(16(2)3)20-21-14;/h5-9H,4,10H2,1-3H3;1H/q+1;/p-1. The lowest BCUT2D eigenvalue weighted by molar-refractivity contribution is -0.141. The molecule has 0 amide bonds. The van der Waals surface area contributed by atoms with Gasteiger partial charge in [-0.05, 0) is 29.4 Å². The third-order valence-electron chi connectivity index (χ3n) is 2.66. The minimum Gasteiger partial charge on any atom is -1.00 e. The zero-order valence-electron chi connectivity index (χ0n) is 12.7. The third kappa shape index (κ3) is 4.79. The van der Waals surface area contributed by atoms with Gasteiger partial charge in [0.15, 0.2) is 0 Å². The number of carbonyl (C=O) groups is 1. The summed E-state index contributed by atoms with van der Waals surface area (Å²) < 4.78 is 7.02. The van der Waals surface area contributed by atoms with Crippen LogP contribution in [-0.4, -0.2) is 38.2 Å². The van der Waals surface area contributed by atoms with Gasteiger partial charge in [0.05, 0.1) is 20.7 Å². The fourth-order valence-corrected chi connectivity index (χ4v) is 3.94. The first-order valence-corrected chi connectivity index (χ1v) is 8.72. The Labute approximate surface area is 143 Å². The summed E-state index contributed by atoms with van der Waals surface area (Å²) in [5, 5.41) is 0.794. The molecule has 2 aromatic rings. The van der Waals surface area contributed by atoms with Gasteiger partial charge in [0.25, 0.3) is 0 Å². The Morgan fingerprint density at radius 3 is 2.50 bits per heavy atom. The zero-order chi connectivity index (χ0) is 15.2. The maximum atomic E-state index is 11.8. The summed E-state index contributed by atoms with van der Waals surface area (Å²) in [6.07, 6.45) is 0. The first-order chi connectivity index (χ1) is 10.1. The molecule has 1 aromatic carbocycles. The van der Waals surface area contributed by atoms with Crippen molar-refractivity contribution >= 4 is 37.5 Å². The number of aromatic nitrogens is 1. The van der Waals surface area contributed by atoms with E-state index in [9.17, 15) is 4.79 Å². The Hall–Kier alpha value is -1.44. The first kappa shape index (κ1) is 18.6. The van der Waals surface area contributed by atoms with Crippen molar-refractivity contribution in [2.24, 2.45) is 0 Å². The normalized spacial score (nSPS) is 9.77. The van der Waals surface area contributed by atoms with Crippen LogP contribution in [0.1, 0.15) is 6.92 Å². The van der Waals surface area contributed by atoms with Gasteiger partial charge in [0.2, 0.25) is 0 Å². The summed E-state index contributed by atoms with van der Waals surface area (Å²) in [6, 6.07) is 9.75. The lowest BCUT2D eigenvalue weighted by Crippen LogP contribution is -3.00. The first-order valence-electron chi connectivity index (χ1n) is 6.57. The van der Waals surface area contributed by atoms with Gasteiger partial charge in [0, 0.05) is 21.0 Å². The molecular formula is C14H18ClN3O2S2. The lowest BCUT2D eigenvalue weighted by atomic mass is 10.3. The van der Waals surface area contributed by atoms with Gasteiger partial charge < -0.3 is 17.1 Å². The van der Waals surface area contributed by atoms with E-state index in [0.29, 0.717) is 6.61 Å². The average Bonchev–Trinajstić information content (AvgIpc) is 2.96. The summed E-state index contributed by atoms with van der Waals surface area (Å²) >= 11 is 0. The van der Waals surface area contributed by atoms with E-state index < -0.39 is 0 Å². The number of ether oxygens (including phenoxy) is 1. The van der Waals surface area contributed by atoms with Gasteiger partial charge >= 0.3 is 15.9 Å². The van der Waals surface area contributed by atoms with Gasteiger partial charge in [-0.2, -0.15) is 0 Å². The molecule has 0 aliphatic carbocycles. The van der Waals surface area contributed by atoms with Crippen LogP contribution < -0.4 is 26.7 Å². The largest absolute Gasteiger partial charge is 1.00 e. The number of nitrogens with zero attached hydrogens (tertiary/aromatic N) is 3. The topological polar surface area (TPSA) is 45.4 Å². The number of benzene rings is 1. The molecule has 0 saturated carbocycles. The van der Waals surface area contributed by atoms with Crippen LogP contribution in [0.5, 0.6) is 0 Å². The van der Waals surface area contributed by atoms with Gasteiger partial charge in [-0.15, -0.1) is 0 Å². The van der Waals surface area contributed by atoms with Crippen molar-refractivity contribution < 1.29 is 21.9 Å². The maximum Gasteiger partial charge on any atom is 0.390 e. The van der Waals surface area contributed by atoms with Crippen LogP contribution in [0.15, 0.2) is 30.3 Å². The zero-order valence-corrected chi connectivity index (χ0v) is 15.0. The fourth-order valence-electron chi connectivity index (χ4n) is 1.69. The maximum absolute atomic E-state index is 11.8. The van der Waals surface area contributed by atoms with Crippen LogP contribution in [0.2, 0.25) is 0 Å². The van der Waals surface area contributed by atoms with Crippen molar-refractivity contribution in [1.29, 1.82) is 0 Å². The van der Waals surface area contributed by atoms with Crippen LogP contribution in [0.3, 0.4) is 0 Å². The van der Waals surface area contributed by atoms with Crippen LogP contribution in [-0.2, 0) is 9.53 Å². The minimum atomic E-state index is -0.257. The predicted molar refractivity (Wildman–Crippen MR) is 87.2 cm³/mol. The van der Waals surface area contributed by atoms with E-state index >= 15 is 0 Å². The molecule has 0 aliphatic rings. The third-order valence-corrected chi connectivity index (χ3v) is 4.95. The molecule has 1 heterocycles. The monoisotopic (exact) mass is 359 g/mol. The molecule has 2 rings (SSSR count). The molecule has 0 fully saturated rings. The number of hydrogen-bond donors (Lipinski definition) is 0. The minimum absolute atomic E-state index is 0. The van der Waals surface area contributed by atoms with Crippen molar-refractivity contribution in [2.45, 2.75) is 6.92 Å². The predicted octanol–water partition coefficient (Wildman–Crippen LogP) is -1.06. The van der Waals surface area contributed by atoms with Gasteiger partial charge in [0.1, 0.15) is 6.54 Å². The molecule has 22 heavy (non-hydrogen) atoms. The Morgan fingerprint density at radius 1 is 1.27 bits per heavy atom. The van der Waals surface area contributed by atoms with E-state index in [1.165, 1.54) is 0 Å². The molecule has 0 spiro atoms. The molecule has 0 aliphatic heterocycles. The summed E-state index contributed by atoms with van der Waals surface area (Å²) in [6.45, 7) is 2.34. The quantitative estimate of drug-likeness (QED) is 0.388. The van der Waals surface area contributed by atoms with E-state index in [1.54, 1.807) is 27.6 Å². The van der Waals surface area contributed by atoms with Gasteiger partial charge in [-0.3, -0.25) is 14.3 Å². The van der Waals surface area contributed by atoms with E-state index in [0.717, 1.165) is 15.6 Å². The lowest BCUT2D eigenvalue weighted by Gasteiger charge is -2.17. The highest BCUT2D eigenvalue weighted by molar-refractivity contribution is 7.69. The summed E-state index contributed by atoms with van der Waals surface area (Å²) in [5.41, 5.74) is 0.928. The second-order valence-corrected chi connectivity index (χ2v) is 6.53. The van der Waals surface area contributed by atoms with Crippen molar-refractivity contribution in [3.63, 3.8) is 0 Å². The van der Waals surface area contributed by atoms with Crippen molar-refractivity contribution in [1.82, 2.24) is 9.56 Å². The van der Waals surface area contributed by atoms with Crippen LogP contribution in [0.25, 0.3) is 0 Å². The molecule has 0 N–H and O–H groups in total. The molecule has 0 radical (unpaired) electrons.